The van der Waals surface area contributed by atoms with Crippen LogP contribution in [0.25, 0.3) is 0 Å². The van der Waals surface area contributed by atoms with Gasteiger partial charge in [0.1, 0.15) is 0 Å². The topological polar surface area (TPSA) is 84.2 Å². The zero-order chi connectivity index (χ0) is 11.4. The molecule has 1 unspecified atom stereocenters. The summed E-state index contributed by atoms with van der Waals surface area (Å²) < 4.78 is 34.7. The van der Waals surface area contributed by atoms with E-state index in [4.69, 9.17) is 5.73 Å². The Kier molecular flexibility index (Phi) is 7.07. The first-order chi connectivity index (χ1) is 6.23. The van der Waals surface area contributed by atoms with Crippen LogP contribution in [0.2, 0.25) is 0 Å². The zero-order valence-corrected chi connectivity index (χ0v) is 8.54. The first kappa shape index (κ1) is 16.4. The average Bonchev–Trinajstić information content (AvgIpc) is 1.96. The van der Waals surface area contributed by atoms with Crippen LogP contribution in [-0.2, 0) is 9.59 Å². The highest BCUT2D eigenvalue weighted by atomic mass is 35.5. The second-order valence-electron chi connectivity index (χ2n) is 2.68. The van der Waals surface area contributed by atoms with Crippen LogP contribution in [0.5, 0.6) is 0 Å². The number of carbonyl (C=O) groups excluding carboxylic acids is 2. The van der Waals surface area contributed by atoms with Gasteiger partial charge in [-0.2, -0.15) is 13.2 Å². The first-order valence-electron chi connectivity index (χ1n) is 3.65. The zero-order valence-electron chi connectivity index (χ0n) is 7.72. The highest BCUT2D eigenvalue weighted by molar-refractivity contribution is 5.85. The summed E-state index contributed by atoms with van der Waals surface area (Å²) in [5.74, 6) is -3.01. The van der Waals surface area contributed by atoms with Crippen molar-refractivity contribution in [3.8, 4) is 0 Å². The molecule has 1 atom stereocenters. The van der Waals surface area contributed by atoms with Crippen LogP contribution in [0.15, 0.2) is 0 Å². The van der Waals surface area contributed by atoms with Gasteiger partial charge in [0.05, 0.1) is 0 Å². The van der Waals surface area contributed by atoms with Crippen molar-refractivity contribution in [3.63, 3.8) is 0 Å². The Morgan fingerprint density at radius 2 is 1.80 bits per heavy atom. The summed E-state index contributed by atoms with van der Waals surface area (Å²) in [7, 11) is 0. The summed E-state index contributed by atoms with van der Waals surface area (Å²) in [6.07, 6.45) is -5.18. The van der Waals surface area contributed by atoms with Gasteiger partial charge in [-0.05, 0) is 6.92 Å². The van der Waals surface area contributed by atoms with Crippen LogP contribution in [0.1, 0.15) is 13.3 Å². The minimum absolute atomic E-state index is 0. The largest absolute Gasteiger partial charge is 0.472 e. The molecule has 0 aliphatic rings. The fourth-order valence-corrected chi connectivity index (χ4v) is 0.541. The third-order valence-corrected chi connectivity index (χ3v) is 1.08. The van der Waals surface area contributed by atoms with Gasteiger partial charge in [0, 0.05) is 12.5 Å². The smallest absolute Gasteiger partial charge is 0.327 e. The van der Waals surface area contributed by atoms with Crippen LogP contribution in [0.4, 0.5) is 13.2 Å². The fourth-order valence-electron chi connectivity index (χ4n) is 0.541. The van der Waals surface area contributed by atoms with E-state index in [1.807, 2.05) is 0 Å². The van der Waals surface area contributed by atoms with Gasteiger partial charge in [0.2, 0.25) is 5.91 Å². The number of carbonyl (C=O) groups is 2. The number of hydrazine groups is 1. The van der Waals surface area contributed by atoms with Gasteiger partial charge in [-0.25, -0.2) is 0 Å². The second-order valence-corrected chi connectivity index (χ2v) is 2.68. The predicted octanol–water partition coefficient (Wildman–Crippen LogP) is -0.145. The average molecular weight is 250 g/mol. The molecule has 15 heavy (non-hydrogen) atoms. The minimum Gasteiger partial charge on any atom is -0.327 e. The van der Waals surface area contributed by atoms with Gasteiger partial charge in [-0.1, -0.05) is 0 Å². The van der Waals surface area contributed by atoms with Gasteiger partial charge in [0.15, 0.2) is 0 Å². The molecule has 90 valence electrons. The molecule has 0 aliphatic carbocycles. The Morgan fingerprint density at radius 3 is 2.13 bits per heavy atom. The van der Waals surface area contributed by atoms with Gasteiger partial charge >= 0.3 is 12.1 Å². The van der Waals surface area contributed by atoms with Crippen molar-refractivity contribution < 1.29 is 22.8 Å². The van der Waals surface area contributed by atoms with Crippen LogP contribution in [0, 0.1) is 0 Å². The van der Waals surface area contributed by atoms with E-state index in [1.165, 1.54) is 12.3 Å². The number of hydrogen-bond donors (Lipinski definition) is 3. The van der Waals surface area contributed by atoms with Gasteiger partial charge < -0.3 is 5.73 Å². The third-order valence-electron chi connectivity index (χ3n) is 1.08. The van der Waals surface area contributed by atoms with Crippen LogP contribution in [-0.4, -0.2) is 24.0 Å². The standard InChI is InChI=1S/C6H10F3N3O2.ClH/c1-3(10)2-4(13)11-12-5(14)6(7,8)9;/h3H,2,10H2,1H3,(H,11,13)(H,12,14);1H. The number of halogens is 4. The lowest BCUT2D eigenvalue weighted by Gasteiger charge is -2.09. The maximum Gasteiger partial charge on any atom is 0.472 e. The molecule has 5 nitrogen and oxygen atoms in total. The molecule has 0 spiro atoms. The number of hydrogen-bond acceptors (Lipinski definition) is 3. The van der Waals surface area contributed by atoms with Gasteiger partial charge in [0.25, 0.3) is 0 Å². The molecule has 9 heteroatoms. The van der Waals surface area contributed by atoms with E-state index in [9.17, 15) is 22.8 Å². The maximum absolute atomic E-state index is 11.6. The molecule has 0 aromatic rings. The van der Waals surface area contributed by atoms with E-state index >= 15 is 0 Å². The van der Waals surface area contributed by atoms with Crippen LogP contribution >= 0.6 is 12.4 Å². The fraction of sp³-hybridized carbons (Fsp3) is 0.667. The molecule has 0 heterocycles. The van der Waals surface area contributed by atoms with E-state index in [2.05, 4.69) is 0 Å². The van der Waals surface area contributed by atoms with E-state index < -0.39 is 24.0 Å². The number of amides is 2. The molecule has 0 aromatic carbocycles. The highest BCUT2D eigenvalue weighted by Crippen LogP contribution is 2.13. The van der Waals surface area contributed by atoms with E-state index in [0.29, 0.717) is 0 Å². The molecule has 0 aliphatic heterocycles. The molecular weight excluding hydrogens is 239 g/mol. The molecule has 0 fully saturated rings. The quantitative estimate of drug-likeness (QED) is 0.596. The van der Waals surface area contributed by atoms with Crippen LogP contribution in [0.3, 0.4) is 0 Å². The lowest BCUT2D eigenvalue weighted by Crippen LogP contribution is -2.48. The number of nitrogens with two attached hydrogens (primary N) is 1. The first-order valence-corrected chi connectivity index (χ1v) is 3.65. The Morgan fingerprint density at radius 1 is 1.33 bits per heavy atom. The summed E-state index contributed by atoms with van der Waals surface area (Å²) in [5.41, 5.74) is 7.98. The molecular formula is C6H11ClF3N3O2. The molecule has 0 radical (unpaired) electrons. The van der Waals surface area contributed by atoms with Gasteiger partial charge in [-0.15, -0.1) is 12.4 Å². The van der Waals surface area contributed by atoms with Crippen molar-refractivity contribution in [2.24, 2.45) is 5.73 Å². The van der Waals surface area contributed by atoms with Crippen molar-refractivity contribution in [2.75, 3.05) is 0 Å². The summed E-state index contributed by atoms with van der Waals surface area (Å²) in [6.45, 7) is 1.51. The normalized spacial score (nSPS) is 12.3. The van der Waals surface area contributed by atoms with Crippen molar-refractivity contribution in [2.45, 2.75) is 25.6 Å². The Bertz CT molecular complexity index is 232. The molecule has 0 saturated heterocycles. The van der Waals surface area contributed by atoms with E-state index in [1.54, 1.807) is 5.43 Å². The van der Waals surface area contributed by atoms with Crippen molar-refractivity contribution >= 4 is 24.2 Å². The van der Waals surface area contributed by atoms with E-state index in [-0.39, 0.29) is 18.8 Å². The van der Waals surface area contributed by atoms with Gasteiger partial charge in [-0.3, -0.25) is 20.4 Å². The minimum atomic E-state index is -5.01. The lowest BCUT2D eigenvalue weighted by molar-refractivity contribution is -0.175. The van der Waals surface area contributed by atoms with Crippen molar-refractivity contribution in [1.29, 1.82) is 0 Å². The molecule has 0 saturated carbocycles. The second kappa shape index (κ2) is 6.46. The maximum atomic E-state index is 11.6. The lowest BCUT2D eigenvalue weighted by atomic mass is 10.2. The number of alkyl halides is 3. The molecule has 4 N–H and O–H groups in total. The van der Waals surface area contributed by atoms with Crippen LogP contribution < -0.4 is 16.6 Å². The third kappa shape index (κ3) is 8.01. The van der Waals surface area contributed by atoms with E-state index in [0.717, 1.165) is 0 Å². The molecule has 0 bridgehead atoms. The Hall–Kier alpha value is -1.02. The SMILES string of the molecule is CC(N)CC(=O)NNC(=O)C(F)(F)F.Cl. The Labute approximate surface area is 89.9 Å². The molecule has 2 amide bonds. The summed E-state index contributed by atoms with van der Waals surface area (Å²) >= 11 is 0. The highest BCUT2D eigenvalue weighted by Gasteiger charge is 2.38. The summed E-state index contributed by atoms with van der Waals surface area (Å²) in [6, 6.07) is -0.488. The molecule has 0 aromatic heterocycles. The monoisotopic (exact) mass is 249 g/mol. The van der Waals surface area contributed by atoms with Crippen molar-refractivity contribution in [3.05, 3.63) is 0 Å². The summed E-state index contributed by atoms with van der Waals surface area (Å²) in [4.78, 5) is 20.9. The Balaban J connectivity index is 0. The molecule has 0 rings (SSSR count). The predicted molar refractivity (Wildman–Crippen MR) is 47.9 cm³/mol. The number of nitrogens with one attached hydrogen (secondary N) is 2. The van der Waals surface area contributed by atoms with Crippen molar-refractivity contribution in [1.82, 2.24) is 10.9 Å². The summed E-state index contributed by atoms with van der Waals surface area (Å²) in [5, 5.41) is 0. The number of rotatable bonds is 2.